The zero-order chi connectivity index (χ0) is 4.24. The summed E-state index contributed by atoms with van der Waals surface area (Å²) >= 11 is 0. The monoisotopic (exact) mass is 292 g/mol. The summed E-state index contributed by atoms with van der Waals surface area (Å²) in [5.41, 5.74) is 0. The first-order valence-corrected chi connectivity index (χ1v) is 1.91. The van der Waals surface area contributed by atoms with Gasteiger partial charge in [0.2, 0.25) is 0 Å². The maximum atomic E-state index is 2.89. The Kier molecular flexibility index (Phi) is 12.8. The van der Waals surface area contributed by atoms with Gasteiger partial charge in [-0.05, 0) is 0 Å². The summed E-state index contributed by atoms with van der Waals surface area (Å²) < 4.78 is 0. The molecule has 38 valence electrons. The second-order valence-electron chi connectivity index (χ2n) is 1.08. The fraction of sp³-hybridized carbons (Fsp3) is 0. The molecule has 0 N–H and O–H groups in total. The molecule has 0 aromatic heterocycles. The van der Waals surface area contributed by atoms with Crippen molar-refractivity contribution in [1.29, 1.82) is 0 Å². The maximum Gasteiger partial charge on any atom is 2.00 e. The van der Waals surface area contributed by atoms with Crippen molar-refractivity contribution in [3.8, 4) is 0 Å². The van der Waals surface area contributed by atoms with Gasteiger partial charge in [0.1, 0.15) is 0 Å². The van der Waals surface area contributed by atoms with Crippen LogP contribution in [0.1, 0.15) is 0 Å². The van der Waals surface area contributed by atoms with Crippen LogP contribution in [0.4, 0.5) is 0 Å². The van der Waals surface area contributed by atoms with E-state index in [2.05, 4.69) is 6.07 Å². The molecule has 0 amide bonds. The Labute approximate surface area is 104 Å². The molecule has 0 aliphatic carbocycles. The van der Waals surface area contributed by atoms with E-state index in [1.165, 1.54) is 0 Å². The quantitative estimate of drug-likeness (QED) is 0.298. The molecule has 0 heterocycles. The van der Waals surface area contributed by atoms with Crippen LogP contribution in [0, 0.1) is 6.07 Å². The Hall–Kier alpha value is 1.43. The van der Waals surface area contributed by atoms with Crippen molar-refractivity contribution in [2.45, 2.75) is 0 Å². The van der Waals surface area contributed by atoms with E-state index in [1.807, 2.05) is 30.3 Å². The standard InChI is InChI=1S/C6H5.HI.Sr/c1-2-4-6-5-3-1;;/h1-5H;1H;/q-1;;+2/p-1. The zero-order valence-electron chi connectivity index (χ0n) is 4.47. The predicted octanol–water partition coefficient (Wildman–Crippen LogP) is -1.89. The van der Waals surface area contributed by atoms with Gasteiger partial charge in [-0.1, -0.05) is 0 Å². The first kappa shape index (κ1) is 12.1. The molecule has 1 aromatic rings. The second-order valence-corrected chi connectivity index (χ2v) is 1.08. The van der Waals surface area contributed by atoms with Gasteiger partial charge in [0.05, 0.1) is 0 Å². The van der Waals surface area contributed by atoms with E-state index in [0.717, 1.165) is 0 Å². The van der Waals surface area contributed by atoms with E-state index < -0.39 is 0 Å². The van der Waals surface area contributed by atoms with Crippen LogP contribution >= 0.6 is 0 Å². The molecule has 0 saturated heterocycles. The van der Waals surface area contributed by atoms with Crippen LogP contribution in [-0.4, -0.2) is 45.5 Å². The first-order valence-electron chi connectivity index (χ1n) is 1.91. The molecule has 0 unspecified atom stereocenters. The molecule has 2 heteroatoms. The second kappa shape index (κ2) is 8.43. The molecule has 8 heavy (non-hydrogen) atoms. The normalized spacial score (nSPS) is 6.00. The Bertz CT molecular complexity index is 80.5. The maximum absolute atomic E-state index is 2.89. The molecule has 0 bridgehead atoms. The predicted molar refractivity (Wildman–Crippen MR) is 31.0 cm³/mol. The van der Waals surface area contributed by atoms with E-state index >= 15 is 0 Å². The SMILES string of the molecule is [I-].[Sr+2].[c-]1ccccc1. The smallest absolute Gasteiger partial charge is 1.00 e. The zero-order valence-corrected chi connectivity index (χ0v) is 10.1. The van der Waals surface area contributed by atoms with Gasteiger partial charge < -0.3 is 24.0 Å². The molecule has 0 saturated carbocycles. The van der Waals surface area contributed by atoms with E-state index in [9.17, 15) is 0 Å². The Morgan fingerprint density at radius 3 is 1.50 bits per heavy atom. The van der Waals surface area contributed by atoms with Gasteiger partial charge in [0.15, 0.2) is 0 Å². The van der Waals surface area contributed by atoms with E-state index in [4.69, 9.17) is 0 Å². The van der Waals surface area contributed by atoms with Gasteiger partial charge in [-0.25, -0.2) is 0 Å². The number of benzene rings is 1. The number of halogens is 1. The minimum atomic E-state index is 0. The van der Waals surface area contributed by atoms with Crippen LogP contribution in [-0.2, 0) is 0 Å². The first-order chi connectivity index (χ1) is 3.00. The van der Waals surface area contributed by atoms with Gasteiger partial charge >= 0.3 is 45.5 Å². The van der Waals surface area contributed by atoms with E-state index in [-0.39, 0.29) is 69.5 Å². The molecule has 0 fully saturated rings. The average Bonchev–Trinajstić information content (AvgIpc) is 1.72. The summed E-state index contributed by atoms with van der Waals surface area (Å²) in [7, 11) is 0. The molecule has 0 atom stereocenters. The minimum absolute atomic E-state index is 0. The summed E-state index contributed by atoms with van der Waals surface area (Å²) in [6.45, 7) is 0. The molecule has 1 rings (SSSR count). The van der Waals surface area contributed by atoms with Gasteiger partial charge in [-0.15, -0.1) is 0 Å². The van der Waals surface area contributed by atoms with Crippen molar-refractivity contribution in [1.82, 2.24) is 0 Å². The fourth-order valence-electron chi connectivity index (χ4n) is 0.342. The van der Waals surface area contributed by atoms with Crippen LogP contribution in [0.25, 0.3) is 0 Å². The van der Waals surface area contributed by atoms with Crippen molar-refractivity contribution in [3.05, 3.63) is 36.4 Å². The fourth-order valence-corrected chi connectivity index (χ4v) is 0.342. The third kappa shape index (κ3) is 5.57. The summed E-state index contributed by atoms with van der Waals surface area (Å²) in [5.74, 6) is 0. The molecular formula is C6H5ISr. The van der Waals surface area contributed by atoms with Gasteiger partial charge in [-0.2, -0.15) is 36.4 Å². The van der Waals surface area contributed by atoms with Crippen LogP contribution in [0.5, 0.6) is 0 Å². The molecule has 0 nitrogen and oxygen atoms in total. The van der Waals surface area contributed by atoms with Crippen molar-refractivity contribution < 1.29 is 24.0 Å². The van der Waals surface area contributed by atoms with Crippen molar-refractivity contribution in [2.75, 3.05) is 0 Å². The molecule has 0 aliphatic rings. The molecule has 1 aromatic carbocycles. The summed E-state index contributed by atoms with van der Waals surface area (Å²) in [4.78, 5) is 0. The Morgan fingerprint density at radius 1 is 0.875 bits per heavy atom. The number of rotatable bonds is 0. The Morgan fingerprint density at radius 2 is 1.38 bits per heavy atom. The van der Waals surface area contributed by atoms with E-state index in [0.29, 0.717) is 0 Å². The summed E-state index contributed by atoms with van der Waals surface area (Å²) in [6, 6.07) is 12.5. The van der Waals surface area contributed by atoms with Crippen molar-refractivity contribution in [3.63, 3.8) is 0 Å². The largest absolute Gasteiger partial charge is 2.00 e. The van der Waals surface area contributed by atoms with Gasteiger partial charge in [-0.3, -0.25) is 0 Å². The number of hydrogen-bond acceptors (Lipinski definition) is 0. The van der Waals surface area contributed by atoms with Crippen LogP contribution in [0.2, 0.25) is 0 Å². The molecule has 0 radical (unpaired) electrons. The van der Waals surface area contributed by atoms with Crippen LogP contribution < -0.4 is 24.0 Å². The average molecular weight is 292 g/mol. The molecule has 0 aliphatic heterocycles. The Balaban J connectivity index is 0. The summed E-state index contributed by atoms with van der Waals surface area (Å²) in [6.07, 6.45) is 0. The van der Waals surface area contributed by atoms with Crippen LogP contribution in [0.3, 0.4) is 0 Å². The molecule has 0 spiro atoms. The van der Waals surface area contributed by atoms with Gasteiger partial charge in [0, 0.05) is 0 Å². The minimum Gasteiger partial charge on any atom is -1.00 e. The number of hydrogen-bond donors (Lipinski definition) is 0. The van der Waals surface area contributed by atoms with Gasteiger partial charge in [0.25, 0.3) is 0 Å². The molecular weight excluding hydrogens is 287 g/mol. The van der Waals surface area contributed by atoms with Crippen molar-refractivity contribution in [2.24, 2.45) is 0 Å². The third-order valence-corrected chi connectivity index (χ3v) is 0.607. The topological polar surface area (TPSA) is 0 Å². The van der Waals surface area contributed by atoms with E-state index in [1.54, 1.807) is 0 Å². The van der Waals surface area contributed by atoms with Crippen LogP contribution in [0.15, 0.2) is 30.3 Å². The third-order valence-electron chi connectivity index (χ3n) is 0.607. The summed E-state index contributed by atoms with van der Waals surface area (Å²) in [5, 5.41) is 0. The van der Waals surface area contributed by atoms with Crippen molar-refractivity contribution >= 4 is 45.5 Å².